The second-order valence-electron chi connectivity index (χ2n) is 8.25. The molecule has 1 atom stereocenters. The van der Waals surface area contributed by atoms with Gasteiger partial charge in [-0.3, -0.25) is 9.59 Å². The van der Waals surface area contributed by atoms with Crippen LogP contribution in [0.1, 0.15) is 30.0 Å². The topological polar surface area (TPSA) is 116 Å². The van der Waals surface area contributed by atoms with Crippen LogP contribution >= 0.6 is 23.2 Å². The van der Waals surface area contributed by atoms with Crippen LogP contribution in [0.2, 0.25) is 10.0 Å². The first-order valence-corrected chi connectivity index (χ1v) is 11.4. The van der Waals surface area contributed by atoms with E-state index in [1.807, 2.05) is 0 Å². The van der Waals surface area contributed by atoms with E-state index in [9.17, 15) is 19.5 Å². The third kappa shape index (κ3) is 5.29. The number of amides is 2. The summed E-state index contributed by atoms with van der Waals surface area (Å²) in [5.74, 6) is -2.60. The molecule has 0 saturated heterocycles. The van der Waals surface area contributed by atoms with Crippen LogP contribution in [0.5, 0.6) is 5.75 Å². The molecule has 34 heavy (non-hydrogen) atoms. The van der Waals surface area contributed by atoms with E-state index in [4.69, 9.17) is 33.0 Å². The van der Waals surface area contributed by atoms with E-state index < -0.39 is 36.2 Å². The molecule has 178 valence electrons. The van der Waals surface area contributed by atoms with Gasteiger partial charge < -0.3 is 25.2 Å². The van der Waals surface area contributed by atoms with E-state index in [2.05, 4.69) is 5.32 Å². The van der Waals surface area contributed by atoms with E-state index in [0.29, 0.717) is 27.7 Å². The van der Waals surface area contributed by atoms with E-state index in [1.165, 1.54) is 4.90 Å². The largest absolute Gasteiger partial charge is 0.503 e. The summed E-state index contributed by atoms with van der Waals surface area (Å²) in [7, 11) is 0. The van der Waals surface area contributed by atoms with Crippen LogP contribution in [0.25, 0.3) is 0 Å². The van der Waals surface area contributed by atoms with Crippen LogP contribution in [0.15, 0.2) is 53.8 Å². The van der Waals surface area contributed by atoms with Crippen molar-refractivity contribution in [2.75, 3.05) is 13.2 Å². The van der Waals surface area contributed by atoms with Gasteiger partial charge in [0.05, 0.1) is 11.6 Å². The van der Waals surface area contributed by atoms with Gasteiger partial charge in [0.15, 0.2) is 12.4 Å². The normalized spacial score (nSPS) is 17.8. The molecular formula is C24H22Cl2N2O6. The van der Waals surface area contributed by atoms with Gasteiger partial charge in [0, 0.05) is 28.7 Å². The maximum absolute atomic E-state index is 13.2. The summed E-state index contributed by atoms with van der Waals surface area (Å²) in [4.78, 5) is 38.7. The number of ether oxygens (including phenoxy) is 1. The molecule has 1 aliphatic heterocycles. The van der Waals surface area contributed by atoms with Gasteiger partial charge in [-0.2, -0.15) is 0 Å². The number of nitrogens with zero attached hydrogens (tertiary/aromatic N) is 1. The highest BCUT2D eigenvalue weighted by Crippen LogP contribution is 2.43. The number of carbonyl (C=O) groups excluding carboxylic acids is 2. The second kappa shape index (κ2) is 9.95. The molecule has 3 N–H and O–H groups in total. The number of carboxylic acids is 1. The fourth-order valence-corrected chi connectivity index (χ4v) is 4.52. The molecule has 1 fully saturated rings. The number of carboxylic acid groups (broad SMARTS) is 1. The van der Waals surface area contributed by atoms with Crippen LogP contribution in [0.4, 0.5) is 0 Å². The molecule has 1 heterocycles. The molecule has 10 heteroatoms. The van der Waals surface area contributed by atoms with Crippen molar-refractivity contribution in [2.45, 2.75) is 25.4 Å². The monoisotopic (exact) mass is 504 g/mol. The molecule has 8 nitrogen and oxygen atoms in total. The molecule has 2 amide bonds. The van der Waals surface area contributed by atoms with E-state index in [0.717, 1.165) is 12.8 Å². The van der Waals surface area contributed by atoms with Gasteiger partial charge in [-0.15, -0.1) is 0 Å². The minimum absolute atomic E-state index is 0.0661. The number of para-hydroxylation sites is 1. The summed E-state index contributed by atoms with van der Waals surface area (Å²) >= 11 is 12.1. The van der Waals surface area contributed by atoms with Gasteiger partial charge in [0.25, 0.3) is 11.8 Å². The zero-order chi connectivity index (χ0) is 24.4. The van der Waals surface area contributed by atoms with Gasteiger partial charge in [0.1, 0.15) is 5.75 Å². The number of nitrogens with one attached hydrogen (secondary N) is 1. The Bertz CT molecular complexity index is 1160. The fourth-order valence-electron chi connectivity index (χ4n) is 3.94. The molecule has 1 unspecified atom stereocenters. The van der Waals surface area contributed by atoms with Crippen LogP contribution in [0, 0.1) is 5.92 Å². The number of aliphatic hydroxyl groups excluding tert-OH is 1. The number of rotatable bonds is 9. The van der Waals surface area contributed by atoms with Crippen LogP contribution in [-0.4, -0.2) is 46.0 Å². The lowest BCUT2D eigenvalue weighted by molar-refractivity contribution is -0.139. The van der Waals surface area contributed by atoms with Crippen molar-refractivity contribution >= 4 is 41.0 Å². The number of aliphatic carboxylic acids is 1. The Morgan fingerprint density at radius 1 is 1.12 bits per heavy atom. The Morgan fingerprint density at radius 2 is 1.79 bits per heavy atom. The van der Waals surface area contributed by atoms with Crippen molar-refractivity contribution < 1.29 is 29.3 Å². The van der Waals surface area contributed by atoms with Gasteiger partial charge in [0.2, 0.25) is 0 Å². The zero-order valence-corrected chi connectivity index (χ0v) is 19.5. The molecule has 0 aromatic heterocycles. The predicted molar refractivity (Wildman–Crippen MR) is 125 cm³/mol. The Hall–Kier alpha value is -3.23. The van der Waals surface area contributed by atoms with Crippen LogP contribution in [0.3, 0.4) is 0 Å². The molecule has 4 rings (SSSR count). The number of halogens is 2. The van der Waals surface area contributed by atoms with Crippen molar-refractivity contribution in [2.24, 2.45) is 5.92 Å². The van der Waals surface area contributed by atoms with Gasteiger partial charge >= 0.3 is 5.97 Å². The third-order valence-corrected chi connectivity index (χ3v) is 6.08. The van der Waals surface area contributed by atoms with Crippen LogP contribution < -0.4 is 10.1 Å². The lowest BCUT2D eigenvalue weighted by Gasteiger charge is -2.28. The molecule has 1 saturated carbocycles. The number of hydrogen-bond acceptors (Lipinski definition) is 5. The van der Waals surface area contributed by atoms with Crippen molar-refractivity contribution in [3.8, 4) is 5.75 Å². The lowest BCUT2D eigenvalue weighted by Crippen LogP contribution is -2.35. The molecule has 0 bridgehead atoms. The highest BCUT2D eigenvalue weighted by molar-refractivity contribution is 6.34. The Kier molecular flexibility index (Phi) is 7.00. The fraction of sp³-hybridized carbons (Fsp3) is 0.292. The van der Waals surface area contributed by atoms with Gasteiger partial charge in [-0.25, -0.2) is 4.79 Å². The van der Waals surface area contributed by atoms with Crippen molar-refractivity contribution in [1.29, 1.82) is 0 Å². The maximum Gasteiger partial charge on any atom is 0.341 e. The van der Waals surface area contributed by atoms with Gasteiger partial charge in [-0.05, 0) is 48.6 Å². The smallest absolute Gasteiger partial charge is 0.341 e. The van der Waals surface area contributed by atoms with E-state index in [-0.39, 0.29) is 23.8 Å². The van der Waals surface area contributed by atoms with Crippen LogP contribution in [-0.2, 0) is 20.9 Å². The molecule has 1 aliphatic carbocycles. The summed E-state index contributed by atoms with van der Waals surface area (Å²) < 4.78 is 5.43. The molecule has 2 aromatic carbocycles. The van der Waals surface area contributed by atoms with Gasteiger partial charge in [-0.1, -0.05) is 41.4 Å². The number of hydrogen-bond donors (Lipinski definition) is 3. The van der Waals surface area contributed by atoms with E-state index in [1.54, 1.807) is 42.5 Å². The maximum atomic E-state index is 13.2. The summed E-state index contributed by atoms with van der Waals surface area (Å²) in [6.07, 6.45) is 1.90. The quantitative estimate of drug-likeness (QED) is 0.477. The average molecular weight is 505 g/mol. The van der Waals surface area contributed by atoms with Crippen molar-refractivity contribution in [3.63, 3.8) is 0 Å². The number of benzene rings is 2. The zero-order valence-electron chi connectivity index (χ0n) is 18.0. The number of carbonyl (C=O) groups is 3. The lowest BCUT2D eigenvalue weighted by atomic mass is 9.97. The highest BCUT2D eigenvalue weighted by atomic mass is 35.5. The first-order chi connectivity index (χ1) is 16.2. The minimum atomic E-state index is -1.16. The second-order valence-corrected chi connectivity index (χ2v) is 9.12. The molecule has 0 radical (unpaired) electrons. The first kappa shape index (κ1) is 23.9. The standard InChI is InChI=1S/C24H22Cl2N2O6/c25-15-7-14(8-16(26)9-15)10-27-23(32)20-21(28(11-13-5-6-13)24(33)22(20)31)17-3-1-2-4-18(17)34-12-19(29)30/h1-4,7-9,13,21,31H,5-6,10-12H2,(H,27,32)(H,29,30). The Labute approximate surface area is 205 Å². The summed E-state index contributed by atoms with van der Waals surface area (Å²) in [6, 6.07) is 10.5. The molecular weight excluding hydrogens is 483 g/mol. The SMILES string of the molecule is O=C(O)COc1ccccc1C1C(C(=O)NCc2cc(Cl)cc(Cl)c2)=C(O)C(=O)N1CC1CC1. The Morgan fingerprint density at radius 3 is 2.44 bits per heavy atom. The highest BCUT2D eigenvalue weighted by Gasteiger charge is 2.46. The minimum Gasteiger partial charge on any atom is -0.503 e. The molecule has 0 spiro atoms. The third-order valence-electron chi connectivity index (χ3n) is 5.64. The molecule has 2 aliphatic rings. The molecule has 2 aromatic rings. The summed E-state index contributed by atoms with van der Waals surface area (Å²) in [5, 5.41) is 23.3. The van der Waals surface area contributed by atoms with E-state index >= 15 is 0 Å². The first-order valence-electron chi connectivity index (χ1n) is 10.7. The van der Waals surface area contributed by atoms with Crippen molar-refractivity contribution in [3.05, 3.63) is 75.0 Å². The number of aliphatic hydroxyl groups is 1. The Balaban J connectivity index is 1.66. The summed E-state index contributed by atoms with van der Waals surface area (Å²) in [5.41, 5.74) is 0.940. The van der Waals surface area contributed by atoms with Crippen molar-refractivity contribution in [1.82, 2.24) is 10.2 Å². The average Bonchev–Trinajstić information content (AvgIpc) is 3.57. The summed E-state index contributed by atoms with van der Waals surface area (Å²) in [6.45, 7) is -0.162. The predicted octanol–water partition coefficient (Wildman–Crippen LogP) is 3.88.